The minimum absolute atomic E-state index is 0.0154. The molecule has 0 saturated heterocycles. The summed E-state index contributed by atoms with van der Waals surface area (Å²) in [6.45, 7) is -0.772. The van der Waals surface area contributed by atoms with Crippen molar-refractivity contribution >= 4 is 83.0 Å². The molecule has 0 spiro atoms. The van der Waals surface area contributed by atoms with Crippen molar-refractivity contribution < 1.29 is 78.0 Å². The lowest BCUT2D eigenvalue weighted by atomic mass is 9.84. The number of carbonyl (C=O) groups excluding carboxylic acids is 8. The van der Waals surface area contributed by atoms with Crippen molar-refractivity contribution in [3.05, 3.63) is 179 Å². The van der Waals surface area contributed by atoms with E-state index >= 15 is 0 Å². The summed E-state index contributed by atoms with van der Waals surface area (Å²) in [6, 6.07) is 38.8. The number of carbonyl (C=O) groups is 12. The molecule has 0 aliphatic carbocycles. The smallest absolute Gasteiger partial charge is 0.326 e. The van der Waals surface area contributed by atoms with Gasteiger partial charge in [0.25, 0.3) is 5.91 Å². The monoisotopic (exact) mass is 1340 g/mol. The standard InChI is InChI=1S/C69H86N10O16S/c70-79(61(84)44-73-60(83)46-96-69(49-28-12-5-13-29-49,50-30-14-6-15-31-50)51-32-16-7-17-33-51)45-59(82)74-55(42-47-24-8-3-9-25-47)63(87)76-56(43-48-26-10-4-11-27-48)64(88)75-52(65(89)90)34-20-22-40-71-57(80)36-18-1-2-19-37-58(81)72-41-23-21-35-53(66(91)92)77-68(95)78-54(67(93)94)38-39-62(85)86/h3-17,24-33,52-56H,1-2,18-23,34-46,70H2,(H,71,80)(H,72,81)(H,73,83)(H,74,82)(H,75,88)(H,76,87)(H,85,86)(H,89,90)(H,91,92)(H,93,94)(H2,77,78,95)/t52?,53-,54-,55?,56?/m0/s1. The lowest BCUT2D eigenvalue weighted by Gasteiger charge is -2.35. The molecule has 0 radical (unpaired) electrons. The lowest BCUT2D eigenvalue weighted by Crippen LogP contribution is -2.58. The van der Waals surface area contributed by atoms with Gasteiger partial charge in [-0.3, -0.25) is 43.4 Å². The number of hydrogen-bond acceptors (Lipinski definition) is 14. The summed E-state index contributed by atoms with van der Waals surface area (Å²) in [7, 11) is 0. The zero-order valence-electron chi connectivity index (χ0n) is 53.3. The molecule has 514 valence electrons. The first-order valence-corrected chi connectivity index (χ1v) is 32.7. The van der Waals surface area contributed by atoms with Crippen LogP contribution in [0.4, 0.5) is 4.79 Å². The van der Waals surface area contributed by atoms with Gasteiger partial charge < -0.3 is 63.0 Å². The van der Waals surface area contributed by atoms with Gasteiger partial charge in [-0.1, -0.05) is 165 Å². The van der Waals surface area contributed by atoms with Gasteiger partial charge in [-0.2, -0.15) is 0 Å². The third kappa shape index (κ3) is 27.4. The average molecular weight is 1340 g/mol. The molecule has 0 heterocycles. The zero-order valence-corrected chi connectivity index (χ0v) is 54.1. The van der Waals surface area contributed by atoms with E-state index in [-0.39, 0.29) is 69.2 Å². The molecule has 5 rings (SSSR count). The van der Waals surface area contributed by atoms with Gasteiger partial charge in [-0.15, -0.1) is 11.8 Å². The Labute approximate surface area is 561 Å². The van der Waals surface area contributed by atoms with E-state index in [1.54, 1.807) is 60.7 Å². The molecule has 0 saturated carbocycles. The molecular formula is C69H86N10O16S. The first kappa shape index (κ1) is 76.6. The summed E-state index contributed by atoms with van der Waals surface area (Å²) in [5, 5.41) is 58.7. The molecule has 26 nitrogen and oxygen atoms in total. The van der Waals surface area contributed by atoms with E-state index in [0.29, 0.717) is 67.5 Å². The maximum atomic E-state index is 14.3. The Morgan fingerprint density at radius 3 is 1.21 bits per heavy atom. The largest absolute Gasteiger partial charge is 0.481 e. The van der Waals surface area contributed by atoms with Crippen LogP contribution in [0.2, 0.25) is 0 Å². The van der Waals surface area contributed by atoms with Crippen molar-refractivity contribution in [2.24, 2.45) is 5.84 Å². The number of amides is 9. The number of nitrogens with zero attached hydrogens (tertiary/aromatic N) is 1. The number of benzene rings is 5. The highest BCUT2D eigenvalue weighted by Crippen LogP contribution is 2.48. The number of hydrogen-bond donors (Lipinski definition) is 13. The quantitative estimate of drug-likeness (QED) is 0.00837. The van der Waals surface area contributed by atoms with Gasteiger partial charge in [0.15, 0.2) is 0 Å². The van der Waals surface area contributed by atoms with Gasteiger partial charge in [0, 0.05) is 45.2 Å². The van der Waals surface area contributed by atoms with Crippen molar-refractivity contribution in [2.45, 2.75) is 138 Å². The van der Waals surface area contributed by atoms with Crippen molar-refractivity contribution in [3.8, 4) is 0 Å². The summed E-state index contributed by atoms with van der Waals surface area (Å²) in [5.41, 5.74) is 4.09. The minimum atomic E-state index is -1.53. The lowest BCUT2D eigenvalue weighted by molar-refractivity contribution is -0.143. The fourth-order valence-electron chi connectivity index (χ4n) is 10.3. The normalized spacial score (nSPS) is 12.6. The van der Waals surface area contributed by atoms with Gasteiger partial charge in [0.2, 0.25) is 35.4 Å². The minimum Gasteiger partial charge on any atom is -0.481 e. The highest BCUT2D eigenvalue weighted by Gasteiger charge is 2.38. The van der Waals surface area contributed by atoms with Crippen LogP contribution in [0.25, 0.3) is 0 Å². The predicted octanol–water partition coefficient (Wildman–Crippen LogP) is 4.54. The van der Waals surface area contributed by atoms with Crippen LogP contribution in [-0.2, 0) is 70.3 Å². The third-order valence-corrected chi connectivity index (χ3v) is 16.9. The average Bonchev–Trinajstić information content (AvgIpc) is 0.761. The molecule has 0 aliphatic rings. The van der Waals surface area contributed by atoms with Crippen LogP contribution < -0.4 is 48.4 Å². The van der Waals surface area contributed by atoms with E-state index in [0.717, 1.165) is 16.7 Å². The first-order valence-electron chi connectivity index (χ1n) is 31.8. The van der Waals surface area contributed by atoms with Gasteiger partial charge >= 0.3 is 29.9 Å². The van der Waals surface area contributed by atoms with Crippen molar-refractivity contribution in [1.82, 2.24) is 47.5 Å². The van der Waals surface area contributed by atoms with Crippen molar-refractivity contribution in [3.63, 3.8) is 0 Å². The summed E-state index contributed by atoms with van der Waals surface area (Å²) < 4.78 is -0.803. The number of rotatable bonds is 44. The molecule has 5 aromatic rings. The van der Waals surface area contributed by atoms with Crippen LogP contribution in [0.3, 0.4) is 0 Å². The number of carboxylic acid groups (broad SMARTS) is 4. The molecule has 0 bridgehead atoms. The Morgan fingerprint density at radius 1 is 0.406 bits per heavy atom. The van der Waals surface area contributed by atoms with Crippen molar-refractivity contribution in [2.75, 3.05) is 31.9 Å². The Morgan fingerprint density at radius 2 is 0.792 bits per heavy atom. The predicted molar refractivity (Wildman–Crippen MR) is 357 cm³/mol. The number of unbranched alkanes of at least 4 members (excludes halogenated alkanes) is 5. The molecule has 0 fully saturated rings. The number of hydrazine groups is 1. The first-order chi connectivity index (χ1) is 46.1. The molecule has 3 unspecified atom stereocenters. The molecule has 9 amide bonds. The zero-order chi connectivity index (χ0) is 69.7. The maximum Gasteiger partial charge on any atom is 0.326 e. The van der Waals surface area contributed by atoms with Gasteiger partial charge in [0.05, 0.1) is 17.0 Å². The Kier molecular flexibility index (Phi) is 33.1. The van der Waals surface area contributed by atoms with Crippen LogP contribution in [0.1, 0.15) is 118 Å². The molecule has 0 aliphatic heterocycles. The van der Waals surface area contributed by atoms with Crippen LogP contribution in [-0.4, -0.2) is 159 Å². The van der Waals surface area contributed by atoms with E-state index in [4.69, 9.17) is 10.9 Å². The second-order valence-corrected chi connectivity index (χ2v) is 24.0. The number of carboxylic acids is 4. The van der Waals surface area contributed by atoms with E-state index in [9.17, 15) is 72.9 Å². The summed E-state index contributed by atoms with van der Waals surface area (Å²) in [5.74, 6) is -3.48. The number of nitrogens with one attached hydrogen (secondary N) is 8. The molecular weight excluding hydrogens is 1260 g/mol. The van der Waals surface area contributed by atoms with Crippen LogP contribution >= 0.6 is 11.8 Å². The van der Waals surface area contributed by atoms with Gasteiger partial charge in [-0.25, -0.2) is 25.0 Å². The fourth-order valence-corrected chi connectivity index (χ4v) is 11.7. The van der Waals surface area contributed by atoms with Crippen molar-refractivity contribution in [1.29, 1.82) is 0 Å². The summed E-state index contributed by atoms with van der Waals surface area (Å²) in [4.78, 5) is 153. The Hall–Kier alpha value is -10.2. The SMILES string of the molecule is NN(CC(=O)NC(Cc1ccccc1)C(=O)NC(Cc1ccccc1)C(=O)NC(CCCCNC(=O)CCCCCCC(=O)NCCCC[C@H](NC(=O)N[C@@H](CCC(=O)O)C(=O)O)C(=O)O)C(=O)O)C(=O)CNC(=O)CSC(c1ccccc1)(c1ccccc1)c1ccccc1. The molecule has 5 aromatic carbocycles. The Bertz CT molecular complexity index is 3240. The third-order valence-electron chi connectivity index (χ3n) is 15.4. The summed E-state index contributed by atoms with van der Waals surface area (Å²) in [6.07, 6.45) is 3.19. The van der Waals surface area contributed by atoms with E-state index < -0.39 is 120 Å². The topological polar surface area (TPSA) is 411 Å². The second kappa shape index (κ2) is 41.5. The molecule has 0 aromatic heterocycles. The van der Waals surface area contributed by atoms with E-state index in [2.05, 4.69) is 42.5 Å². The fraction of sp³-hybridized carbons (Fsp3) is 0.391. The van der Waals surface area contributed by atoms with E-state index in [1.807, 2.05) is 91.0 Å². The molecule has 14 N–H and O–H groups in total. The number of thioether (sulfide) groups is 1. The van der Waals surface area contributed by atoms with Crippen LogP contribution in [0.5, 0.6) is 0 Å². The number of nitrogens with two attached hydrogens (primary N) is 1. The molecule has 96 heavy (non-hydrogen) atoms. The molecule has 27 heteroatoms. The molecule has 5 atom stereocenters. The highest BCUT2D eigenvalue weighted by atomic mass is 32.2. The maximum absolute atomic E-state index is 14.3. The highest BCUT2D eigenvalue weighted by molar-refractivity contribution is 8.01. The van der Waals surface area contributed by atoms with Gasteiger partial charge in [0.1, 0.15) is 36.8 Å². The number of urea groups is 1. The number of aliphatic carboxylic acids is 4. The second-order valence-electron chi connectivity index (χ2n) is 22.8. The van der Waals surface area contributed by atoms with Crippen LogP contribution in [0.15, 0.2) is 152 Å². The van der Waals surface area contributed by atoms with E-state index in [1.165, 1.54) is 11.8 Å². The Balaban J connectivity index is 1.04. The summed E-state index contributed by atoms with van der Waals surface area (Å²) >= 11 is 1.38. The van der Waals surface area contributed by atoms with Crippen LogP contribution in [0, 0.1) is 0 Å². The van der Waals surface area contributed by atoms with Gasteiger partial charge in [-0.05, 0) is 85.6 Å².